The van der Waals surface area contributed by atoms with E-state index in [-0.39, 0.29) is 5.91 Å². The Bertz CT molecular complexity index is 814. The van der Waals surface area contributed by atoms with E-state index in [1.54, 1.807) is 19.2 Å². The number of aromatic nitrogens is 2. The van der Waals surface area contributed by atoms with Crippen LogP contribution in [0.4, 0.5) is 5.69 Å². The monoisotopic (exact) mass is 345 g/mol. The van der Waals surface area contributed by atoms with Crippen molar-refractivity contribution in [1.82, 2.24) is 10.2 Å². The molecule has 0 bridgehead atoms. The molecule has 0 aliphatic carbocycles. The van der Waals surface area contributed by atoms with Gasteiger partial charge in [0.1, 0.15) is 5.75 Å². The second kappa shape index (κ2) is 5.57. The molecule has 0 spiro atoms. The number of H-pyrrole nitrogens is 1. The molecule has 0 aliphatic rings. The molecule has 0 saturated carbocycles. The maximum absolute atomic E-state index is 12.3. The number of nitrogens with zero attached hydrogens (tertiary/aromatic N) is 1. The fourth-order valence-corrected chi connectivity index (χ4v) is 2.47. The zero-order valence-electron chi connectivity index (χ0n) is 11.2. The van der Waals surface area contributed by atoms with E-state index >= 15 is 0 Å². The molecule has 1 heterocycles. The predicted octanol–water partition coefficient (Wildman–Crippen LogP) is 3.59. The van der Waals surface area contributed by atoms with Gasteiger partial charge in [-0.3, -0.25) is 9.89 Å². The molecule has 2 aromatic carbocycles. The van der Waals surface area contributed by atoms with Crippen molar-refractivity contribution in [2.45, 2.75) is 0 Å². The van der Waals surface area contributed by atoms with E-state index in [1.807, 2.05) is 30.3 Å². The number of anilines is 1. The maximum Gasteiger partial charge on any atom is 0.276 e. The lowest BCUT2D eigenvalue weighted by atomic mass is 10.2. The van der Waals surface area contributed by atoms with E-state index in [9.17, 15) is 4.79 Å². The summed E-state index contributed by atoms with van der Waals surface area (Å²) in [6.45, 7) is 0. The number of nitrogens with one attached hydrogen (secondary N) is 2. The zero-order chi connectivity index (χ0) is 14.8. The average molecular weight is 346 g/mol. The van der Waals surface area contributed by atoms with Gasteiger partial charge in [0, 0.05) is 17.1 Å². The molecule has 1 aromatic heterocycles. The summed E-state index contributed by atoms with van der Waals surface area (Å²) in [6, 6.07) is 12.9. The number of para-hydroxylation sites is 1. The summed E-state index contributed by atoms with van der Waals surface area (Å²) in [4.78, 5) is 12.3. The molecule has 1 amide bonds. The van der Waals surface area contributed by atoms with E-state index in [0.29, 0.717) is 17.1 Å². The predicted molar refractivity (Wildman–Crippen MR) is 84.7 cm³/mol. The lowest BCUT2D eigenvalue weighted by Gasteiger charge is -2.07. The van der Waals surface area contributed by atoms with E-state index in [0.717, 1.165) is 15.4 Å². The molecule has 3 rings (SSSR count). The van der Waals surface area contributed by atoms with Gasteiger partial charge in [0.25, 0.3) is 5.91 Å². The van der Waals surface area contributed by atoms with Crippen LogP contribution in [0.25, 0.3) is 10.9 Å². The van der Waals surface area contributed by atoms with Gasteiger partial charge in [-0.05, 0) is 34.1 Å². The number of amides is 1. The Morgan fingerprint density at radius 2 is 2.10 bits per heavy atom. The third-order valence-corrected chi connectivity index (χ3v) is 3.75. The maximum atomic E-state index is 12.3. The minimum Gasteiger partial charge on any atom is -0.495 e. The van der Waals surface area contributed by atoms with Crippen LogP contribution in [0, 0.1) is 0 Å². The van der Waals surface area contributed by atoms with Crippen molar-refractivity contribution in [3.63, 3.8) is 0 Å². The van der Waals surface area contributed by atoms with Crippen LogP contribution in [0.2, 0.25) is 0 Å². The van der Waals surface area contributed by atoms with Crippen LogP contribution in [0.15, 0.2) is 46.9 Å². The van der Waals surface area contributed by atoms with Gasteiger partial charge in [-0.15, -0.1) is 0 Å². The second-order valence-electron chi connectivity index (χ2n) is 4.42. The standard InChI is InChI=1S/C15H12BrN3O2/c1-21-13-8-9(6-7-11(13)16)17-15(20)14-10-4-2-3-5-12(10)18-19-14/h2-8H,1H3,(H,17,20)(H,18,19). The van der Waals surface area contributed by atoms with Gasteiger partial charge in [0.05, 0.1) is 17.1 Å². The van der Waals surface area contributed by atoms with Gasteiger partial charge in [-0.25, -0.2) is 0 Å². The van der Waals surface area contributed by atoms with Gasteiger partial charge >= 0.3 is 0 Å². The minimum absolute atomic E-state index is 0.267. The molecule has 0 radical (unpaired) electrons. The third kappa shape index (κ3) is 2.62. The van der Waals surface area contributed by atoms with Gasteiger partial charge in [0.2, 0.25) is 0 Å². The van der Waals surface area contributed by atoms with Crippen molar-refractivity contribution >= 4 is 38.4 Å². The number of ether oxygens (including phenoxy) is 1. The molecule has 0 fully saturated rings. The van der Waals surface area contributed by atoms with Crippen molar-refractivity contribution in [2.75, 3.05) is 12.4 Å². The Morgan fingerprint density at radius 3 is 2.90 bits per heavy atom. The van der Waals surface area contributed by atoms with Crippen LogP contribution < -0.4 is 10.1 Å². The molecule has 21 heavy (non-hydrogen) atoms. The number of hydrogen-bond donors (Lipinski definition) is 2. The average Bonchev–Trinajstić information content (AvgIpc) is 2.93. The Hall–Kier alpha value is -2.34. The molecule has 0 atom stereocenters. The summed E-state index contributed by atoms with van der Waals surface area (Å²) in [5.74, 6) is 0.386. The summed E-state index contributed by atoms with van der Waals surface area (Å²) in [5, 5.41) is 10.5. The van der Waals surface area contributed by atoms with Gasteiger partial charge < -0.3 is 10.1 Å². The smallest absolute Gasteiger partial charge is 0.276 e. The van der Waals surface area contributed by atoms with Crippen LogP contribution in [-0.4, -0.2) is 23.2 Å². The van der Waals surface area contributed by atoms with Crippen molar-refractivity contribution in [1.29, 1.82) is 0 Å². The van der Waals surface area contributed by atoms with Gasteiger partial charge in [-0.1, -0.05) is 18.2 Å². The van der Waals surface area contributed by atoms with Crippen LogP contribution >= 0.6 is 15.9 Å². The highest BCUT2D eigenvalue weighted by Gasteiger charge is 2.14. The first-order chi connectivity index (χ1) is 10.2. The lowest BCUT2D eigenvalue weighted by Crippen LogP contribution is -2.12. The van der Waals surface area contributed by atoms with Crippen molar-refractivity contribution in [2.24, 2.45) is 0 Å². The molecule has 0 unspecified atom stereocenters. The Kier molecular flexibility index (Phi) is 3.62. The molecule has 2 N–H and O–H groups in total. The SMILES string of the molecule is COc1cc(NC(=O)c2n[nH]c3ccccc23)ccc1Br. The van der Waals surface area contributed by atoms with E-state index in [4.69, 9.17) is 4.74 Å². The van der Waals surface area contributed by atoms with Crippen LogP contribution in [0.1, 0.15) is 10.5 Å². The van der Waals surface area contributed by atoms with Crippen LogP contribution in [0.3, 0.4) is 0 Å². The Labute approximate surface area is 129 Å². The molecule has 106 valence electrons. The minimum atomic E-state index is -0.267. The Balaban J connectivity index is 1.89. The molecule has 0 saturated heterocycles. The molecular formula is C15H12BrN3O2. The Morgan fingerprint density at radius 1 is 1.29 bits per heavy atom. The number of carbonyl (C=O) groups excluding carboxylic acids is 1. The topological polar surface area (TPSA) is 67.0 Å². The number of fused-ring (bicyclic) bond motifs is 1. The molecular weight excluding hydrogens is 334 g/mol. The summed E-state index contributed by atoms with van der Waals surface area (Å²) in [6.07, 6.45) is 0. The van der Waals surface area contributed by atoms with E-state index in [2.05, 4.69) is 31.4 Å². The number of halogens is 1. The van der Waals surface area contributed by atoms with Crippen LogP contribution in [-0.2, 0) is 0 Å². The summed E-state index contributed by atoms with van der Waals surface area (Å²) >= 11 is 3.37. The van der Waals surface area contributed by atoms with Crippen molar-refractivity contribution in [3.8, 4) is 5.75 Å². The lowest BCUT2D eigenvalue weighted by molar-refractivity contribution is 0.102. The largest absolute Gasteiger partial charge is 0.495 e. The molecule has 3 aromatic rings. The number of hydrogen-bond acceptors (Lipinski definition) is 3. The number of carbonyl (C=O) groups is 1. The summed E-state index contributed by atoms with van der Waals surface area (Å²) in [5.41, 5.74) is 1.84. The van der Waals surface area contributed by atoms with Crippen molar-refractivity contribution < 1.29 is 9.53 Å². The summed E-state index contributed by atoms with van der Waals surface area (Å²) in [7, 11) is 1.58. The first-order valence-corrected chi connectivity index (χ1v) is 7.06. The van der Waals surface area contributed by atoms with Gasteiger partial charge in [0.15, 0.2) is 5.69 Å². The van der Waals surface area contributed by atoms with Gasteiger partial charge in [-0.2, -0.15) is 5.10 Å². The first kappa shape index (κ1) is 13.6. The number of rotatable bonds is 3. The summed E-state index contributed by atoms with van der Waals surface area (Å²) < 4.78 is 6.04. The fraction of sp³-hybridized carbons (Fsp3) is 0.0667. The quantitative estimate of drug-likeness (QED) is 0.762. The van der Waals surface area contributed by atoms with Crippen LogP contribution in [0.5, 0.6) is 5.75 Å². The molecule has 0 aliphatic heterocycles. The second-order valence-corrected chi connectivity index (χ2v) is 5.28. The highest BCUT2D eigenvalue weighted by Crippen LogP contribution is 2.28. The third-order valence-electron chi connectivity index (χ3n) is 3.09. The number of methoxy groups -OCH3 is 1. The zero-order valence-corrected chi connectivity index (χ0v) is 12.8. The van der Waals surface area contributed by atoms with E-state index < -0.39 is 0 Å². The number of aromatic amines is 1. The normalized spacial score (nSPS) is 10.6. The van der Waals surface area contributed by atoms with Crippen molar-refractivity contribution in [3.05, 3.63) is 52.6 Å². The molecule has 5 nitrogen and oxygen atoms in total. The fourth-order valence-electron chi connectivity index (χ4n) is 2.06. The number of benzene rings is 2. The molecule has 6 heteroatoms. The first-order valence-electron chi connectivity index (χ1n) is 6.27. The van der Waals surface area contributed by atoms with E-state index in [1.165, 1.54) is 0 Å². The highest BCUT2D eigenvalue weighted by molar-refractivity contribution is 9.10. The highest BCUT2D eigenvalue weighted by atomic mass is 79.9.